The van der Waals surface area contributed by atoms with Crippen molar-refractivity contribution in [3.8, 4) is 0 Å². The van der Waals surface area contributed by atoms with E-state index in [0.29, 0.717) is 0 Å². The van der Waals surface area contributed by atoms with E-state index in [-0.39, 0.29) is 34.8 Å². The van der Waals surface area contributed by atoms with Gasteiger partial charge in [0.2, 0.25) is 0 Å². The van der Waals surface area contributed by atoms with Crippen molar-refractivity contribution in [1.29, 1.82) is 0 Å². The number of nitrogens with zero attached hydrogens (tertiary/aromatic N) is 1. The summed E-state index contributed by atoms with van der Waals surface area (Å²) in [5.74, 6) is 0. The number of hydrogen-bond donors (Lipinski definition) is 0. The van der Waals surface area contributed by atoms with E-state index in [1.807, 2.05) is 6.92 Å². The van der Waals surface area contributed by atoms with Crippen LogP contribution in [-0.4, -0.2) is 6.21 Å². The first-order valence-electron chi connectivity index (χ1n) is 1.87. The van der Waals surface area contributed by atoms with E-state index in [2.05, 4.69) is 0 Å². The predicted molar refractivity (Wildman–Crippen MR) is 24.3 cm³/mol. The van der Waals surface area contributed by atoms with Crippen LogP contribution < -0.4 is 12.4 Å². The minimum Gasteiger partial charge on any atom is -1.00 e. The van der Waals surface area contributed by atoms with Gasteiger partial charge in [-0.3, -0.25) is 0 Å². The monoisotopic (exact) mass is 302 g/mol. The van der Waals surface area contributed by atoms with E-state index in [0.717, 1.165) is 12.8 Å². The summed E-state index contributed by atoms with van der Waals surface area (Å²) in [6.45, 7) is 2.02. The van der Waals surface area contributed by atoms with Crippen molar-refractivity contribution in [3.05, 3.63) is 5.41 Å². The second kappa shape index (κ2) is 15.9. The molecule has 3 heteroatoms. The molecule has 7 heavy (non-hydrogen) atoms. The summed E-state index contributed by atoms with van der Waals surface area (Å²) in [6.07, 6.45) is 3.04. The van der Waals surface area contributed by atoms with Crippen molar-refractivity contribution in [2.75, 3.05) is 0 Å². The second-order valence-corrected chi connectivity index (χ2v) is 0.971. The molecule has 0 radical (unpaired) electrons. The molecular formula is C4H8AuClN+. The maximum atomic E-state index is 7.94. The Morgan fingerprint density at radius 1 is 1.57 bits per heavy atom. The topological polar surface area (TPSA) is 22.3 Å². The molecule has 0 fully saturated rings. The predicted octanol–water partition coefficient (Wildman–Crippen LogP) is -1.57. The molecule has 46 valence electrons. The second-order valence-electron chi connectivity index (χ2n) is 0.971. The van der Waals surface area contributed by atoms with E-state index in [1.165, 1.54) is 6.21 Å². The van der Waals surface area contributed by atoms with Gasteiger partial charge in [-0.15, -0.1) is 0 Å². The largest absolute Gasteiger partial charge is 3.00 e. The van der Waals surface area contributed by atoms with Crippen molar-refractivity contribution in [3.63, 3.8) is 0 Å². The van der Waals surface area contributed by atoms with Gasteiger partial charge in [0, 0.05) is 0 Å². The number of halogens is 1. The normalized spacial score (nSPS) is 5.29. The van der Waals surface area contributed by atoms with Crippen molar-refractivity contribution >= 4 is 6.21 Å². The van der Waals surface area contributed by atoms with Crippen molar-refractivity contribution in [2.24, 2.45) is 0 Å². The van der Waals surface area contributed by atoms with Crippen LogP contribution >= 0.6 is 0 Å². The van der Waals surface area contributed by atoms with Crippen molar-refractivity contribution in [2.45, 2.75) is 19.8 Å². The first kappa shape index (κ1) is 15.6. The van der Waals surface area contributed by atoms with Gasteiger partial charge in [-0.25, -0.2) is 6.21 Å². The van der Waals surface area contributed by atoms with Crippen LogP contribution in [0.3, 0.4) is 0 Å². The summed E-state index contributed by atoms with van der Waals surface area (Å²) in [6, 6.07) is 0. The molecular weight excluding hydrogens is 294 g/mol. The van der Waals surface area contributed by atoms with Crippen molar-refractivity contribution in [1.82, 2.24) is 0 Å². The smallest absolute Gasteiger partial charge is 1.00 e. The molecule has 0 N–H and O–H groups in total. The molecule has 0 rings (SSSR count). The van der Waals surface area contributed by atoms with Crippen LogP contribution in [0.1, 0.15) is 19.8 Å². The molecule has 0 saturated heterocycles. The maximum absolute atomic E-state index is 7.94. The molecule has 0 aromatic heterocycles. The molecule has 0 saturated carbocycles. The molecule has 1 nitrogen and oxygen atoms in total. The van der Waals surface area contributed by atoms with Crippen LogP contribution in [0.15, 0.2) is 0 Å². The standard InChI is InChI=1S/C4H8N.Au.ClH/c1-2-3-4-5;;/h4H,2-3H2,1H3;;1H/q-1;+3;/p-1. The first-order chi connectivity index (χ1) is 2.41. The van der Waals surface area contributed by atoms with Crippen molar-refractivity contribution < 1.29 is 34.8 Å². The Bertz CT molecular complexity index is 32.9. The molecule has 0 unspecified atom stereocenters. The summed E-state index contributed by atoms with van der Waals surface area (Å²) in [7, 11) is 0. The summed E-state index contributed by atoms with van der Waals surface area (Å²) < 4.78 is 0. The van der Waals surface area contributed by atoms with Gasteiger partial charge in [-0.05, 0) is 0 Å². The summed E-state index contributed by atoms with van der Waals surface area (Å²) in [4.78, 5) is 0. The average molecular weight is 303 g/mol. The quantitative estimate of drug-likeness (QED) is 0.434. The Balaban J connectivity index is -0.0000000800. The van der Waals surface area contributed by atoms with Gasteiger partial charge in [0.25, 0.3) is 0 Å². The SMILES string of the molecule is CCCC=[N-].[Au+3].[Cl-]. The Morgan fingerprint density at radius 3 is 2.00 bits per heavy atom. The van der Waals surface area contributed by atoms with Gasteiger partial charge in [-0.2, -0.15) is 0 Å². The Hall–Kier alpha value is 0.700. The van der Waals surface area contributed by atoms with Gasteiger partial charge in [0.15, 0.2) is 0 Å². The van der Waals surface area contributed by atoms with Gasteiger partial charge >= 0.3 is 22.4 Å². The number of unbranched alkanes of at least 4 members (excludes halogenated alkanes) is 1. The van der Waals surface area contributed by atoms with E-state index >= 15 is 0 Å². The zero-order chi connectivity index (χ0) is 4.12. The molecule has 0 aliphatic carbocycles. The van der Waals surface area contributed by atoms with Crippen LogP contribution in [0.25, 0.3) is 5.41 Å². The minimum absolute atomic E-state index is 0. The van der Waals surface area contributed by atoms with Gasteiger partial charge < -0.3 is 17.8 Å². The Labute approximate surface area is 66.3 Å². The van der Waals surface area contributed by atoms with E-state index in [1.54, 1.807) is 0 Å². The van der Waals surface area contributed by atoms with Crippen LogP contribution in [0, 0.1) is 0 Å². The van der Waals surface area contributed by atoms with E-state index in [4.69, 9.17) is 5.41 Å². The summed E-state index contributed by atoms with van der Waals surface area (Å²) in [5, 5.41) is 7.94. The molecule has 0 aromatic carbocycles. The zero-order valence-electron chi connectivity index (χ0n) is 4.12. The molecule has 0 aliphatic rings. The summed E-state index contributed by atoms with van der Waals surface area (Å²) in [5.41, 5.74) is 0. The van der Waals surface area contributed by atoms with E-state index in [9.17, 15) is 0 Å². The number of rotatable bonds is 2. The van der Waals surface area contributed by atoms with Gasteiger partial charge in [-0.1, -0.05) is 19.8 Å². The molecule has 0 aromatic rings. The molecule has 0 spiro atoms. The fraction of sp³-hybridized carbons (Fsp3) is 0.750. The molecule has 0 bridgehead atoms. The van der Waals surface area contributed by atoms with Crippen LogP contribution in [0.4, 0.5) is 0 Å². The third-order valence-electron chi connectivity index (χ3n) is 0.418. The molecule has 0 amide bonds. The molecule has 0 heterocycles. The zero-order valence-corrected chi connectivity index (χ0v) is 7.04. The first-order valence-corrected chi connectivity index (χ1v) is 1.87. The fourth-order valence-electron chi connectivity index (χ4n) is 0.129. The molecule has 0 aliphatic heterocycles. The maximum Gasteiger partial charge on any atom is 3.00 e. The van der Waals surface area contributed by atoms with E-state index < -0.39 is 0 Å². The number of hydrogen-bond acceptors (Lipinski definition) is 0. The third-order valence-corrected chi connectivity index (χ3v) is 0.418. The van der Waals surface area contributed by atoms with Gasteiger partial charge in [0.05, 0.1) is 0 Å². The van der Waals surface area contributed by atoms with Crippen LogP contribution in [-0.2, 0) is 22.4 Å². The third kappa shape index (κ3) is 20.3. The fourth-order valence-corrected chi connectivity index (χ4v) is 0.129. The van der Waals surface area contributed by atoms with Crippen LogP contribution in [0.2, 0.25) is 0 Å². The Kier molecular flexibility index (Phi) is 35.5. The average Bonchev–Trinajstić information content (AvgIpc) is 1.41. The summed E-state index contributed by atoms with van der Waals surface area (Å²) >= 11 is 0. The minimum atomic E-state index is 0. The molecule has 0 atom stereocenters. The van der Waals surface area contributed by atoms with Crippen LogP contribution in [0.5, 0.6) is 0 Å². The Morgan fingerprint density at radius 2 is 2.00 bits per heavy atom. The van der Waals surface area contributed by atoms with Gasteiger partial charge in [0.1, 0.15) is 0 Å².